The van der Waals surface area contributed by atoms with Crippen LogP contribution in [-0.4, -0.2) is 53.4 Å². The molecule has 1 saturated heterocycles. The van der Waals surface area contributed by atoms with Crippen molar-refractivity contribution < 1.29 is 9.47 Å². The number of anilines is 1. The Bertz CT molecular complexity index is 1260. The fourth-order valence-electron chi connectivity index (χ4n) is 4.22. The molecule has 1 aliphatic heterocycles. The zero-order valence-corrected chi connectivity index (χ0v) is 21.0. The van der Waals surface area contributed by atoms with Crippen LogP contribution >= 0.6 is 11.3 Å². The Morgan fingerprint density at radius 3 is 2.88 bits per heavy atom. The van der Waals surface area contributed by atoms with E-state index in [9.17, 15) is 0 Å². The zero-order valence-electron chi connectivity index (χ0n) is 20.2. The van der Waals surface area contributed by atoms with E-state index in [2.05, 4.69) is 52.0 Å². The molecule has 0 saturated carbocycles. The van der Waals surface area contributed by atoms with E-state index in [0.717, 1.165) is 68.8 Å². The number of allylic oxidation sites excluding steroid dienone is 3. The number of fused-ring (bicyclic) bond motifs is 1. The number of rotatable bonds is 8. The van der Waals surface area contributed by atoms with E-state index in [-0.39, 0.29) is 0 Å². The van der Waals surface area contributed by atoms with E-state index < -0.39 is 0 Å². The first-order valence-corrected chi connectivity index (χ1v) is 12.0. The van der Waals surface area contributed by atoms with Gasteiger partial charge in [0.15, 0.2) is 5.82 Å². The molecule has 0 amide bonds. The van der Waals surface area contributed by atoms with Gasteiger partial charge in [0.1, 0.15) is 17.6 Å². The lowest BCUT2D eigenvalue weighted by atomic mass is 10.1. The molecule has 0 radical (unpaired) electrons. The Morgan fingerprint density at radius 2 is 2.18 bits per heavy atom. The number of hydrogen-bond donors (Lipinski definition) is 2. The molecule has 3 N–H and O–H groups in total. The smallest absolute Gasteiger partial charge is 0.152 e. The number of hydrogen-bond acceptors (Lipinski definition) is 8. The van der Waals surface area contributed by atoms with Crippen molar-refractivity contribution in [2.75, 3.05) is 39.6 Å². The molecule has 1 fully saturated rings. The first-order valence-electron chi connectivity index (χ1n) is 11.2. The van der Waals surface area contributed by atoms with E-state index in [1.54, 1.807) is 25.6 Å². The van der Waals surface area contributed by atoms with Crippen molar-refractivity contribution in [3.63, 3.8) is 0 Å². The molecule has 0 aliphatic carbocycles. The number of thiophene rings is 1. The van der Waals surface area contributed by atoms with Crippen LogP contribution in [0.3, 0.4) is 0 Å². The van der Waals surface area contributed by atoms with Gasteiger partial charge >= 0.3 is 0 Å². The quantitative estimate of drug-likeness (QED) is 0.371. The number of ether oxygens (including phenoxy) is 2. The van der Waals surface area contributed by atoms with Crippen LogP contribution in [0.5, 0.6) is 0 Å². The molecule has 0 spiro atoms. The summed E-state index contributed by atoms with van der Waals surface area (Å²) >= 11 is 1.66. The van der Waals surface area contributed by atoms with Crippen LogP contribution in [0.4, 0.5) is 5.82 Å². The van der Waals surface area contributed by atoms with Gasteiger partial charge in [-0.05, 0) is 32.1 Å². The van der Waals surface area contributed by atoms with Crippen molar-refractivity contribution in [2.24, 2.45) is 0 Å². The first kappa shape index (κ1) is 24.0. The molecule has 3 aromatic heterocycles. The van der Waals surface area contributed by atoms with Gasteiger partial charge in [0.25, 0.3) is 0 Å². The second-order valence-corrected chi connectivity index (χ2v) is 9.37. The summed E-state index contributed by atoms with van der Waals surface area (Å²) < 4.78 is 13.3. The Labute approximate surface area is 204 Å². The summed E-state index contributed by atoms with van der Waals surface area (Å²) in [4.78, 5) is 8.76. The van der Waals surface area contributed by atoms with Gasteiger partial charge in [0.2, 0.25) is 0 Å². The predicted octanol–water partition coefficient (Wildman–Crippen LogP) is 4.06. The maximum absolute atomic E-state index is 6.42. The van der Waals surface area contributed by atoms with Gasteiger partial charge in [-0.3, -0.25) is 4.90 Å². The van der Waals surface area contributed by atoms with Crippen LogP contribution in [0, 0.1) is 0 Å². The average molecular weight is 481 g/mol. The third-order valence-electron chi connectivity index (χ3n) is 5.97. The lowest BCUT2D eigenvalue weighted by Gasteiger charge is -2.29. The van der Waals surface area contributed by atoms with Gasteiger partial charge in [0.05, 0.1) is 24.3 Å². The van der Waals surface area contributed by atoms with E-state index in [4.69, 9.17) is 15.2 Å². The fraction of sp³-hybridized carbons (Fsp3) is 0.360. The van der Waals surface area contributed by atoms with Crippen molar-refractivity contribution in [3.8, 4) is 10.4 Å². The molecule has 1 aliphatic rings. The molecule has 0 bridgehead atoms. The lowest BCUT2D eigenvalue weighted by molar-refractivity contribution is 0.182. The normalized spacial score (nSPS) is 15.7. The van der Waals surface area contributed by atoms with Crippen molar-refractivity contribution in [2.45, 2.75) is 27.0 Å². The van der Waals surface area contributed by atoms with Gasteiger partial charge in [-0.25, -0.2) is 9.50 Å². The summed E-state index contributed by atoms with van der Waals surface area (Å²) in [5.41, 5.74) is 12.5. The SMILES string of the molecule is C=C1CN(Cc2c(COC)c(-c3ccc(/C(=C\C(C)=C/C)OC)s3)c3c(N)ncnn23)CCN1. The Balaban J connectivity index is 1.86. The second-order valence-electron chi connectivity index (χ2n) is 8.29. The molecule has 3 aromatic rings. The fourth-order valence-corrected chi connectivity index (χ4v) is 5.29. The third kappa shape index (κ3) is 4.72. The average Bonchev–Trinajstić information content (AvgIpc) is 3.42. The molecule has 0 unspecified atom stereocenters. The molecular formula is C25H32N6O2S. The van der Waals surface area contributed by atoms with Gasteiger partial charge < -0.3 is 20.5 Å². The van der Waals surface area contributed by atoms with E-state index in [1.165, 1.54) is 6.33 Å². The van der Waals surface area contributed by atoms with Gasteiger partial charge in [-0.1, -0.05) is 18.2 Å². The number of methoxy groups -OCH3 is 2. The maximum Gasteiger partial charge on any atom is 0.152 e. The minimum atomic E-state index is 0.443. The number of nitrogen functional groups attached to an aromatic ring is 1. The summed E-state index contributed by atoms with van der Waals surface area (Å²) in [6, 6.07) is 4.19. The van der Waals surface area contributed by atoms with Crippen molar-refractivity contribution >= 4 is 28.4 Å². The summed E-state index contributed by atoms with van der Waals surface area (Å²) in [5.74, 6) is 1.27. The largest absolute Gasteiger partial charge is 0.495 e. The molecule has 4 heterocycles. The second kappa shape index (κ2) is 10.4. The van der Waals surface area contributed by atoms with Crippen LogP contribution in [0.2, 0.25) is 0 Å². The molecule has 0 aromatic carbocycles. The molecular weight excluding hydrogens is 448 g/mol. The number of nitrogens with two attached hydrogens (primary N) is 1. The highest BCUT2D eigenvalue weighted by Gasteiger charge is 2.26. The highest BCUT2D eigenvalue weighted by Crippen LogP contribution is 2.41. The van der Waals surface area contributed by atoms with Gasteiger partial charge in [-0.15, -0.1) is 11.3 Å². The van der Waals surface area contributed by atoms with E-state index in [1.807, 2.05) is 17.5 Å². The van der Waals surface area contributed by atoms with Crippen molar-refractivity contribution in [1.29, 1.82) is 0 Å². The number of piperazine rings is 1. The van der Waals surface area contributed by atoms with Crippen LogP contribution in [0.1, 0.15) is 30.0 Å². The van der Waals surface area contributed by atoms with Crippen LogP contribution in [0.25, 0.3) is 21.7 Å². The summed E-state index contributed by atoms with van der Waals surface area (Å²) in [6.45, 7) is 11.9. The predicted molar refractivity (Wildman–Crippen MR) is 138 cm³/mol. The Hall–Kier alpha value is -3.14. The highest BCUT2D eigenvalue weighted by atomic mass is 32.1. The standard InChI is InChI=1S/C25H32N6O2S/c1-6-16(2)11-20(33-5)21-7-8-22(34-21)23-18(14-32-4)19(13-30-10-9-27-17(3)12-30)31-24(23)25(26)28-15-29-31/h6-8,11,15,27H,3,9-10,12-14H2,1-2,4-5H3,(H2,26,28,29)/b16-6-,20-11+. The molecule has 8 nitrogen and oxygen atoms in total. The topological polar surface area (TPSA) is 89.9 Å². The summed E-state index contributed by atoms with van der Waals surface area (Å²) in [6.07, 6.45) is 5.61. The van der Waals surface area contributed by atoms with Crippen LogP contribution in [0.15, 0.2) is 48.5 Å². The number of aromatic nitrogens is 3. The molecule has 180 valence electrons. The van der Waals surface area contributed by atoms with Crippen molar-refractivity contribution in [3.05, 3.63) is 64.6 Å². The molecule has 34 heavy (non-hydrogen) atoms. The van der Waals surface area contributed by atoms with E-state index >= 15 is 0 Å². The van der Waals surface area contributed by atoms with E-state index in [0.29, 0.717) is 19.0 Å². The number of nitrogens with zero attached hydrogens (tertiary/aromatic N) is 4. The zero-order chi connectivity index (χ0) is 24.2. The summed E-state index contributed by atoms with van der Waals surface area (Å²) in [5, 5.41) is 7.91. The lowest BCUT2D eigenvalue weighted by Crippen LogP contribution is -2.41. The maximum atomic E-state index is 6.42. The number of nitrogens with one attached hydrogen (secondary N) is 1. The monoisotopic (exact) mass is 480 g/mol. The minimum absolute atomic E-state index is 0.443. The highest BCUT2D eigenvalue weighted by molar-refractivity contribution is 7.16. The molecule has 9 heteroatoms. The van der Waals surface area contributed by atoms with Gasteiger partial charge in [-0.2, -0.15) is 5.10 Å². The molecule has 0 atom stereocenters. The summed E-state index contributed by atoms with van der Waals surface area (Å²) in [7, 11) is 3.41. The van der Waals surface area contributed by atoms with Crippen molar-refractivity contribution in [1.82, 2.24) is 24.8 Å². The first-order chi connectivity index (χ1) is 16.5. The minimum Gasteiger partial charge on any atom is -0.495 e. The van der Waals surface area contributed by atoms with Crippen LogP contribution in [-0.2, 0) is 22.6 Å². The molecule has 4 rings (SSSR count). The van der Waals surface area contributed by atoms with Gasteiger partial charge in [0, 0.05) is 55.0 Å². The Kier molecular flexibility index (Phi) is 7.35. The van der Waals surface area contributed by atoms with Crippen LogP contribution < -0.4 is 11.1 Å². The third-order valence-corrected chi connectivity index (χ3v) is 7.09. The Morgan fingerprint density at radius 1 is 1.35 bits per heavy atom.